The number of tetrazole rings is 1. The fourth-order valence-electron chi connectivity index (χ4n) is 2.13. The summed E-state index contributed by atoms with van der Waals surface area (Å²) in [5, 5.41) is 22.5. The molecule has 1 N–H and O–H groups in total. The molecule has 0 radical (unpaired) electrons. The Labute approximate surface area is 128 Å². The van der Waals surface area contributed by atoms with Crippen LogP contribution < -0.4 is 4.74 Å². The van der Waals surface area contributed by atoms with Gasteiger partial charge in [-0.1, -0.05) is 42.5 Å². The average molecular weight is 296 g/mol. The highest BCUT2D eigenvalue weighted by molar-refractivity contribution is 5.56. The summed E-state index contributed by atoms with van der Waals surface area (Å²) in [5.74, 6) is 1.23. The first-order valence-corrected chi connectivity index (χ1v) is 6.91. The van der Waals surface area contributed by atoms with Crippen molar-refractivity contribution in [3.63, 3.8) is 0 Å². The van der Waals surface area contributed by atoms with Crippen molar-refractivity contribution in [2.24, 2.45) is 0 Å². The Morgan fingerprint density at radius 3 is 2.73 bits per heavy atom. The van der Waals surface area contributed by atoms with E-state index < -0.39 is 6.10 Å². The molecule has 0 saturated heterocycles. The molecule has 112 valence electrons. The highest BCUT2D eigenvalue weighted by atomic mass is 16.5. The lowest BCUT2D eigenvalue weighted by Gasteiger charge is -2.08. The second-order valence-corrected chi connectivity index (χ2v) is 4.83. The minimum Gasteiger partial charge on any atom is -0.497 e. The summed E-state index contributed by atoms with van der Waals surface area (Å²) in [7, 11) is 1.61. The van der Waals surface area contributed by atoms with Crippen LogP contribution in [0.25, 0.3) is 11.4 Å². The number of hydrogen-bond donors (Lipinski definition) is 1. The zero-order valence-corrected chi connectivity index (χ0v) is 12.1. The van der Waals surface area contributed by atoms with Gasteiger partial charge in [0.1, 0.15) is 11.9 Å². The third-order valence-electron chi connectivity index (χ3n) is 3.30. The normalized spacial score (nSPS) is 12.1. The molecule has 1 unspecified atom stereocenters. The zero-order chi connectivity index (χ0) is 15.4. The van der Waals surface area contributed by atoms with E-state index in [1.807, 2.05) is 54.6 Å². The van der Waals surface area contributed by atoms with Gasteiger partial charge in [0, 0.05) is 5.56 Å². The van der Waals surface area contributed by atoms with Crippen LogP contribution in [0.2, 0.25) is 0 Å². The van der Waals surface area contributed by atoms with Crippen molar-refractivity contribution in [2.45, 2.75) is 12.6 Å². The van der Waals surface area contributed by atoms with Crippen molar-refractivity contribution in [2.75, 3.05) is 7.11 Å². The van der Waals surface area contributed by atoms with Crippen LogP contribution in [0.3, 0.4) is 0 Å². The first kappa shape index (κ1) is 14.2. The maximum Gasteiger partial charge on any atom is 0.205 e. The molecule has 6 heteroatoms. The maximum atomic E-state index is 10.2. The minimum atomic E-state index is -0.673. The second-order valence-electron chi connectivity index (χ2n) is 4.83. The van der Waals surface area contributed by atoms with Gasteiger partial charge in [-0.05, 0) is 22.9 Å². The van der Waals surface area contributed by atoms with Crippen molar-refractivity contribution in [1.29, 1.82) is 0 Å². The molecule has 0 fully saturated rings. The van der Waals surface area contributed by atoms with Gasteiger partial charge in [-0.25, -0.2) is 0 Å². The van der Waals surface area contributed by atoms with Gasteiger partial charge in [0.15, 0.2) is 0 Å². The van der Waals surface area contributed by atoms with Gasteiger partial charge in [0.25, 0.3) is 0 Å². The van der Waals surface area contributed by atoms with Gasteiger partial charge in [0.2, 0.25) is 5.82 Å². The van der Waals surface area contributed by atoms with Crippen LogP contribution in [0.4, 0.5) is 0 Å². The first-order chi connectivity index (χ1) is 10.8. The molecule has 22 heavy (non-hydrogen) atoms. The Hall–Kier alpha value is -2.73. The molecule has 1 atom stereocenters. The lowest BCUT2D eigenvalue weighted by atomic mass is 10.1. The lowest BCUT2D eigenvalue weighted by Crippen LogP contribution is -2.11. The van der Waals surface area contributed by atoms with Crippen LogP contribution in [-0.4, -0.2) is 32.4 Å². The van der Waals surface area contributed by atoms with E-state index in [1.54, 1.807) is 7.11 Å². The van der Waals surface area contributed by atoms with Crippen LogP contribution >= 0.6 is 0 Å². The third-order valence-corrected chi connectivity index (χ3v) is 3.30. The number of hydrogen-bond acceptors (Lipinski definition) is 5. The van der Waals surface area contributed by atoms with Crippen molar-refractivity contribution < 1.29 is 9.84 Å². The Balaban J connectivity index is 1.76. The summed E-state index contributed by atoms with van der Waals surface area (Å²) in [6, 6.07) is 16.9. The van der Waals surface area contributed by atoms with Crippen molar-refractivity contribution >= 4 is 0 Å². The molecule has 0 aliphatic rings. The van der Waals surface area contributed by atoms with E-state index >= 15 is 0 Å². The number of rotatable bonds is 5. The number of ether oxygens (including phenoxy) is 1. The number of nitrogens with zero attached hydrogens (tertiary/aromatic N) is 4. The van der Waals surface area contributed by atoms with Gasteiger partial charge in [-0.2, -0.15) is 4.80 Å². The van der Waals surface area contributed by atoms with Gasteiger partial charge < -0.3 is 9.84 Å². The van der Waals surface area contributed by atoms with Gasteiger partial charge in [-0.3, -0.25) is 0 Å². The topological polar surface area (TPSA) is 73.1 Å². The third kappa shape index (κ3) is 3.12. The zero-order valence-electron chi connectivity index (χ0n) is 12.1. The molecule has 0 saturated carbocycles. The summed E-state index contributed by atoms with van der Waals surface area (Å²) in [6.07, 6.45) is -0.673. The van der Waals surface area contributed by atoms with E-state index in [1.165, 1.54) is 4.80 Å². The molecule has 0 amide bonds. The number of aromatic nitrogens is 4. The monoisotopic (exact) mass is 296 g/mol. The highest BCUT2D eigenvalue weighted by Gasteiger charge is 2.12. The van der Waals surface area contributed by atoms with Crippen LogP contribution in [0.15, 0.2) is 54.6 Å². The molecular weight excluding hydrogens is 280 g/mol. The van der Waals surface area contributed by atoms with E-state index in [9.17, 15) is 5.11 Å². The summed E-state index contributed by atoms with van der Waals surface area (Å²) < 4.78 is 5.18. The summed E-state index contributed by atoms with van der Waals surface area (Å²) in [5.41, 5.74) is 1.64. The molecule has 1 heterocycles. The van der Waals surface area contributed by atoms with Gasteiger partial charge in [-0.15, -0.1) is 10.2 Å². The average Bonchev–Trinajstić information content (AvgIpc) is 3.04. The highest BCUT2D eigenvalue weighted by Crippen LogP contribution is 2.20. The predicted octanol–water partition coefficient (Wildman–Crippen LogP) is 2.08. The van der Waals surface area contributed by atoms with Gasteiger partial charge >= 0.3 is 0 Å². The number of methoxy groups -OCH3 is 1. The summed E-state index contributed by atoms with van der Waals surface area (Å²) in [4.78, 5) is 1.40. The molecule has 3 aromatic rings. The van der Waals surface area contributed by atoms with Crippen molar-refractivity contribution in [3.8, 4) is 17.1 Å². The number of aliphatic hydroxyl groups is 1. The van der Waals surface area contributed by atoms with E-state index in [-0.39, 0.29) is 6.54 Å². The predicted molar refractivity (Wildman–Crippen MR) is 81.2 cm³/mol. The quantitative estimate of drug-likeness (QED) is 0.780. The van der Waals surface area contributed by atoms with Crippen LogP contribution in [0, 0.1) is 0 Å². The molecule has 3 rings (SSSR count). The summed E-state index contributed by atoms with van der Waals surface area (Å²) in [6.45, 7) is 0.251. The van der Waals surface area contributed by atoms with Crippen molar-refractivity contribution in [1.82, 2.24) is 20.2 Å². The molecule has 2 aromatic carbocycles. The Bertz CT molecular complexity index is 743. The van der Waals surface area contributed by atoms with Crippen LogP contribution in [0.5, 0.6) is 5.75 Å². The number of aliphatic hydroxyl groups excluding tert-OH is 1. The number of benzene rings is 2. The van der Waals surface area contributed by atoms with Crippen molar-refractivity contribution in [3.05, 3.63) is 60.2 Å². The molecule has 1 aromatic heterocycles. The van der Waals surface area contributed by atoms with E-state index in [4.69, 9.17) is 4.74 Å². The smallest absolute Gasteiger partial charge is 0.205 e. The Morgan fingerprint density at radius 1 is 1.14 bits per heavy atom. The molecule has 0 bridgehead atoms. The van der Waals surface area contributed by atoms with E-state index in [0.29, 0.717) is 5.82 Å². The first-order valence-electron chi connectivity index (χ1n) is 6.91. The fraction of sp³-hybridized carbons (Fsp3) is 0.188. The molecule has 0 aliphatic carbocycles. The Kier molecular flexibility index (Phi) is 4.11. The summed E-state index contributed by atoms with van der Waals surface area (Å²) >= 11 is 0. The molecule has 6 nitrogen and oxygen atoms in total. The molecule has 0 spiro atoms. The molecular formula is C16H16N4O2. The van der Waals surface area contributed by atoms with Crippen LogP contribution in [0.1, 0.15) is 11.7 Å². The Morgan fingerprint density at radius 2 is 1.95 bits per heavy atom. The van der Waals surface area contributed by atoms with Gasteiger partial charge in [0.05, 0.1) is 13.7 Å². The van der Waals surface area contributed by atoms with E-state index in [0.717, 1.165) is 16.9 Å². The fourth-order valence-corrected chi connectivity index (χ4v) is 2.13. The lowest BCUT2D eigenvalue weighted by molar-refractivity contribution is 0.144. The maximum absolute atomic E-state index is 10.2. The largest absolute Gasteiger partial charge is 0.497 e. The second kappa shape index (κ2) is 6.36. The SMILES string of the molecule is COc1cccc(-c2nnn(CC(O)c3ccccc3)n2)c1. The molecule has 0 aliphatic heterocycles. The van der Waals surface area contributed by atoms with Crippen LogP contribution in [-0.2, 0) is 6.54 Å². The standard InChI is InChI=1S/C16H16N4O2/c1-22-14-9-5-8-13(10-14)16-17-19-20(18-16)11-15(21)12-6-3-2-4-7-12/h2-10,15,21H,11H2,1H3. The van der Waals surface area contributed by atoms with E-state index in [2.05, 4.69) is 15.4 Å². The minimum absolute atomic E-state index is 0.251.